The molecule has 0 bridgehead atoms. The van der Waals surface area contributed by atoms with Gasteiger partial charge < -0.3 is 9.30 Å². The molecule has 24 heavy (non-hydrogen) atoms. The van der Waals surface area contributed by atoms with Gasteiger partial charge in [0.25, 0.3) is 0 Å². The maximum Gasteiger partial charge on any atom is 0.191 e. The normalized spacial score (nSPS) is 10.8. The van der Waals surface area contributed by atoms with Crippen molar-refractivity contribution >= 4 is 11.8 Å². The Morgan fingerprint density at radius 3 is 2.88 bits per heavy atom. The first kappa shape index (κ1) is 16.5. The molecule has 3 rings (SSSR count). The summed E-state index contributed by atoms with van der Waals surface area (Å²) in [6.45, 7) is 2.77. The van der Waals surface area contributed by atoms with Crippen molar-refractivity contribution in [3.05, 3.63) is 54.4 Å². The lowest BCUT2D eigenvalue weighted by Gasteiger charge is -2.07. The highest BCUT2D eigenvalue weighted by Gasteiger charge is 2.11. The molecule has 0 fully saturated rings. The molecule has 0 radical (unpaired) electrons. The molecule has 0 amide bonds. The summed E-state index contributed by atoms with van der Waals surface area (Å²) in [6, 6.07) is 12.1. The van der Waals surface area contributed by atoms with Gasteiger partial charge in [0, 0.05) is 30.8 Å². The molecule has 2 aromatic heterocycles. The largest absolute Gasteiger partial charge is 0.493 e. The Morgan fingerprint density at radius 1 is 1.17 bits per heavy atom. The van der Waals surface area contributed by atoms with Crippen LogP contribution in [0.25, 0.3) is 11.4 Å². The van der Waals surface area contributed by atoms with Gasteiger partial charge >= 0.3 is 0 Å². The average molecular weight is 340 g/mol. The number of ether oxygens (including phenoxy) is 1. The quantitative estimate of drug-likeness (QED) is 0.486. The minimum Gasteiger partial charge on any atom is -0.493 e. The van der Waals surface area contributed by atoms with E-state index < -0.39 is 0 Å². The summed E-state index contributed by atoms with van der Waals surface area (Å²) < 4.78 is 7.80. The predicted molar refractivity (Wildman–Crippen MR) is 96.3 cm³/mol. The topological polar surface area (TPSA) is 52.8 Å². The fraction of sp³-hybridized carbons (Fsp3) is 0.278. The van der Waals surface area contributed by atoms with Crippen LogP contribution in [0.1, 0.15) is 12.5 Å². The van der Waals surface area contributed by atoms with Crippen LogP contribution in [0.3, 0.4) is 0 Å². The monoisotopic (exact) mass is 340 g/mol. The van der Waals surface area contributed by atoms with Crippen LogP contribution < -0.4 is 4.74 Å². The summed E-state index contributed by atoms with van der Waals surface area (Å²) in [5, 5.41) is 9.39. The summed E-state index contributed by atoms with van der Waals surface area (Å²) in [7, 11) is 1.97. The fourth-order valence-electron chi connectivity index (χ4n) is 2.33. The molecule has 0 aliphatic carbocycles. The summed E-state index contributed by atoms with van der Waals surface area (Å²) in [6.07, 6.45) is 4.56. The maximum atomic E-state index is 5.81. The Kier molecular flexibility index (Phi) is 5.48. The number of benzene rings is 1. The minimum absolute atomic E-state index is 0.632. The van der Waals surface area contributed by atoms with Gasteiger partial charge in [-0.15, -0.1) is 10.2 Å². The Balaban J connectivity index is 1.55. The van der Waals surface area contributed by atoms with E-state index in [1.807, 2.05) is 35.9 Å². The van der Waals surface area contributed by atoms with Crippen molar-refractivity contribution in [1.82, 2.24) is 19.7 Å². The standard InChI is InChI=1S/C18H20N4OS/c1-3-14-6-4-8-16(12-14)23-10-11-24-18-21-20-17(22(18)2)15-7-5-9-19-13-15/h4-9,12-13H,3,10-11H2,1-2H3. The fourth-order valence-corrected chi connectivity index (χ4v) is 3.06. The molecule has 0 unspecified atom stereocenters. The van der Waals surface area contributed by atoms with Gasteiger partial charge in [-0.2, -0.15) is 0 Å². The molecule has 0 N–H and O–H groups in total. The van der Waals surface area contributed by atoms with Gasteiger partial charge in [0.05, 0.1) is 6.61 Å². The first-order valence-electron chi connectivity index (χ1n) is 7.92. The van der Waals surface area contributed by atoms with E-state index in [9.17, 15) is 0 Å². The molecule has 0 saturated heterocycles. The molecule has 3 aromatic rings. The maximum absolute atomic E-state index is 5.81. The third-order valence-electron chi connectivity index (χ3n) is 3.64. The van der Waals surface area contributed by atoms with Crippen LogP contribution in [0.4, 0.5) is 0 Å². The van der Waals surface area contributed by atoms with Crippen LogP contribution in [-0.4, -0.2) is 32.1 Å². The van der Waals surface area contributed by atoms with E-state index >= 15 is 0 Å². The van der Waals surface area contributed by atoms with E-state index in [1.54, 1.807) is 24.2 Å². The van der Waals surface area contributed by atoms with Gasteiger partial charge in [0.1, 0.15) is 5.75 Å². The zero-order valence-corrected chi connectivity index (χ0v) is 14.7. The smallest absolute Gasteiger partial charge is 0.191 e. The lowest BCUT2D eigenvalue weighted by molar-refractivity contribution is 0.343. The van der Waals surface area contributed by atoms with E-state index in [-0.39, 0.29) is 0 Å². The lowest BCUT2D eigenvalue weighted by Crippen LogP contribution is -2.02. The number of hydrogen-bond donors (Lipinski definition) is 0. The van der Waals surface area contributed by atoms with E-state index in [4.69, 9.17) is 4.74 Å². The van der Waals surface area contributed by atoms with Gasteiger partial charge in [0.2, 0.25) is 0 Å². The van der Waals surface area contributed by atoms with Crippen molar-refractivity contribution in [2.45, 2.75) is 18.5 Å². The number of pyridine rings is 1. The summed E-state index contributed by atoms with van der Waals surface area (Å²) in [5.74, 6) is 2.56. The van der Waals surface area contributed by atoms with Gasteiger partial charge in [-0.05, 0) is 36.2 Å². The second-order valence-electron chi connectivity index (χ2n) is 5.30. The van der Waals surface area contributed by atoms with E-state index in [0.717, 1.165) is 34.5 Å². The molecular formula is C18H20N4OS. The first-order chi connectivity index (χ1) is 11.8. The molecule has 0 aliphatic rings. The molecule has 5 nitrogen and oxygen atoms in total. The number of aryl methyl sites for hydroxylation is 1. The highest BCUT2D eigenvalue weighted by molar-refractivity contribution is 7.99. The van der Waals surface area contributed by atoms with Crippen LogP contribution in [0.2, 0.25) is 0 Å². The number of nitrogens with zero attached hydrogens (tertiary/aromatic N) is 4. The molecule has 6 heteroatoms. The van der Waals surface area contributed by atoms with Crippen molar-refractivity contribution in [3.63, 3.8) is 0 Å². The first-order valence-corrected chi connectivity index (χ1v) is 8.91. The summed E-state index contributed by atoms with van der Waals surface area (Å²) >= 11 is 1.64. The van der Waals surface area contributed by atoms with Crippen molar-refractivity contribution in [2.75, 3.05) is 12.4 Å². The molecule has 124 valence electrons. The summed E-state index contributed by atoms with van der Waals surface area (Å²) in [4.78, 5) is 4.13. The Labute approximate surface area is 146 Å². The van der Waals surface area contributed by atoms with Crippen molar-refractivity contribution in [3.8, 4) is 17.1 Å². The van der Waals surface area contributed by atoms with Gasteiger partial charge in [-0.25, -0.2) is 0 Å². The highest BCUT2D eigenvalue weighted by Crippen LogP contribution is 2.22. The minimum atomic E-state index is 0.632. The third kappa shape index (κ3) is 3.94. The van der Waals surface area contributed by atoms with Gasteiger partial charge in [0.15, 0.2) is 11.0 Å². The number of aromatic nitrogens is 4. The van der Waals surface area contributed by atoms with Crippen LogP contribution in [-0.2, 0) is 13.5 Å². The predicted octanol–water partition coefficient (Wildman–Crippen LogP) is 3.61. The second kappa shape index (κ2) is 7.97. The zero-order chi connectivity index (χ0) is 16.8. The molecule has 0 aliphatic heterocycles. The van der Waals surface area contributed by atoms with E-state index in [1.165, 1.54) is 5.56 Å². The molecule has 0 saturated carbocycles. The van der Waals surface area contributed by atoms with Gasteiger partial charge in [-0.1, -0.05) is 30.8 Å². The Morgan fingerprint density at radius 2 is 2.08 bits per heavy atom. The average Bonchev–Trinajstić information content (AvgIpc) is 3.00. The van der Waals surface area contributed by atoms with Crippen molar-refractivity contribution < 1.29 is 4.74 Å². The van der Waals surface area contributed by atoms with E-state index in [2.05, 4.69) is 34.2 Å². The van der Waals surface area contributed by atoms with Crippen molar-refractivity contribution in [1.29, 1.82) is 0 Å². The van der Waals surface area contributed by atoms with Crippen LogP contribution in [0.15, 0.2) is 53.9 Å². The SMILES string of the molecule is CCc1cccc(OCCSc2nnc(-c3cccnc3)n2C)c1. The zero-order valence-electron chi connectivity index (χ0n) is 13.8. The Bertz CT molecular complexity index is 789. The van der Waals surface area contributed by atoms with Crippen LogP contribution >= 0.6 is 11.8 Å². The molecule has 2 heterocycles. The van der Waals surface area contributed by atoms with Crippen LogP contribution in [0.5, 0.6) is 5.75 Å². The van der Waals surface area contributed by atoms with Gasteiger partial charge in [-0.3, -0.25) is 4.98 Å². The number of hydrogen-bond acceptors (Lipinski definition) is 5. The number of thioether (sulfide) groups is 1. The lowest BCUT2D eigenvalue weighted by atomic mass is 10.2. The summed E-state index contributed by atoms with van der Waals surface area (Å²) in [5.41, 5.74) is 2.25. The molecule has 1 aromatic carbocycles. The molecule has 0 atom stereocenters. The molecular weight excluding hydrogens is 320 g/mol. The molecule has 0 spiro atoms. The highest BCUT2D eigenvalue weighted by atomic mass is 32.2. The number of rotatable bonds is 7. The van der Waals surface area contributed by atoms with E-state index in [0.29, 0.717) is 6.61 Å². The van der Waals surface area contributed by atoms with Crippen molar-refractivity contribution in [2.24, 2.45) is 7.05 Å². The second-order valence-corrected chi connectivity index (χ2v) is 6.37. The Hall–Kier alpha value is -2.34. The van der Waals surface area contributed by atoms with Crippen LogP contribution in [0, 0.1) is 0 Å². The third-order valence-corrected chi connectivity index (χ3v) is 4.63.